The van der Waals surface area contributed by atoms with Crippen molar-refractivity contribution in [3.63, 3.8) is 0 Å². The van der Waals surface area contributed by atoms with Crippen molar-refractivity contribution in [3.05, 3.63) is 29.8 Å². The van der Waals surface area contributed by atoms with Crippen LogP contribution in [0.5, 0.6) is 0 Å². The molecule has 94 valence electrons. The number of hydrogen-bond donors (Lipinski definition) is 2. The van der Waals surface area contributed by atoms with Gasteiger partial charge in [-0.1, -0.05) is 6.07 Å². The summed E-state index contributed by atoms with van der Waals surface area (Å²) in [6.07, 6.45) is -4.38. The molecule has 0 spiro atoms. The number of halogens is 3. The van der Waals surface area contributed by atoms with Gasteiger partial charge in [0.05, 0.1) is 10.8 Å². The monoisotopic (exact) mass is 264 g/mol. The number of hydrazine groups is 1. The number of rotatable bonds is 3. The fourth-order valence-electron chi connectivity index (χ4n) is 1.12. The first-order valence-electron chi connectivity index (χ1n) is 4.69. The summed E-state index contributed by atoms with van der Waals surface area (Å²) in [5.41, 5.74) is 1.21. The second-order valence-corrected chi connectivity index (χ2v) is 4.71. The van der Waals surface area contributed by atoms with E-state index in [4.69, 9.17) is 5.84 Å². The molecule has 0 aromatic heterocycles. The Morgan fingerprint density at radius 2 is 2.12 bits per heavy atom. The summed E-state index contributed by atoms with van der Waals surface area (Å²) in [6.45, 7) is 1.56. The Balaban J connectivity index is 2.83. The van der Waals surface area contributed by atoms with Crippen molar-refractivity contribution in [1.29, 1.82) is 0 Å². The molecule has 1 unspecified atom stereocenters. The van der Waals surface area contributed by atoms with Gasteiger partial charge in [-0.05, 0) is 25.1 Å². The summed E-state index contributed by atoms with van der Waals surface area (Å²) < 4.78 is 37.3. The molecular formula is C10H11F3N2OS. The van der Waals surface area contributed by atoms with E-state index >= 15 is 0 Å². The van der Waals surface area contributed by atoms with E-state index in [1.807, 2.05) is 5.43 Å². The van der Waals surface area contributed by atoms with Crippen molar-refractivity contribution in [2.75, 3.05) is 0 Å². The predicted molar refractivity (Wildman–Crippen MR) is 59.1 cm³/mol. The second-order valence-electron chi connectivity index (χ2n) is 3.29. The number of hydrogen-bond acceptors (Lipinski definition) is 3. The van der Waals surface area contributed by atoms with Gasteiger partial charge in [0.25, 0.3) is 0 Å². The molecule has 3 N–H and O–H groups in total. The normalized spacial score (nSPS) is 13.2. The Labute approximate surface area is 101 Å². The molecule has 0 fully saturated rings. The van der Waals surface area contributed by atoms with E-state index in [0.717, 1.165) is 23.9 Å². The van der Waals surface area contributed by atoms with Crippen LogP contribution in [0.15, 0.2) is 29.2 Å². The first-order valence-corrected chi connectivity index (χ1v) is 5.57. The minimum Gasteiger partial charge on any atom is -0.293 e. The largest absolute Gasteiger partial charge is 0.416 e. The van der Waals surface area contributed by atoms with Crippen molar-refractivity contribution in [3.8, 4) is 0 Å². The average Bonchev–Trinajstić information content (AvgIpc) is 2.27. The Morgan fingerprint density at radius 3 is 2.65 bits per heavy atom. The summed E-state index contributed by atoms with van der Waals surface area (Å²) in [5.74, 6) is 4.50. The summed E-state index contributed by atoms with van der Waals surface area (Å²) in [5, 5.41) is -0.552. The fraction of sp³-hybridized carbons (Fsp3) is 0.300. The topological polar surface area (TPSA) is 55.1 Å². The molecular weight excluding hydrogens is 253 g/mol. The highest BCUT2D eigenvalue weighted by Crippen LogP contribution is 2.32. The third-order valence-electron chi connectivity index (χ3n) is 1.99. The zero-order chi connectivity index (χ0) is 13.1. The summed E-state index contributed by atoms with van der Waals surface area (Å²) in [4.78, 5) is 11.5. The van der Waals surface area contributed by atoms with Crippen LogP contribution in [-0.4, -0.2) is 11.2 Å². The number of nitrogens with one attached hydrogen (secondary N) is 1. The maximum atomic E-state index is 12.4. The van der Waals surface area contributed by atoms with Gasteiger partial charge in [0.15, 0.2) is 0 Å². The van der Waals surface area contributed by atoms with E-state index in [1.165, 1.54) is 12.1 Å². The van der Waals surface area contributed by atoms with Gasteiger partial charge < -0.3 is 0 Å². The maximum absolute atomic E-state index is 12.4. The summed E-state index contributed by atoms with van der Waals surface area (Å²) in [7, 11) is 0. The molecule has 1 atom stereocenters. The van der Waals surface area contributed by atoms with Gasteiger partial charge >= 0.3 is 6.18 Å². The molecule has 0 aliphatic rings. The predicted octanol–water partition coefficient (Wildman–Crippen LogP) is 2.18. The van der Waals surface area contributed by atoms with Gasteiger partial charge in [0, 0.05) is 4.90 Å². The fourth-order valence-corrected chi connectivity index (χ4v) is 2.06. The third-order valence-corrected chi connectivity index (χ3v) is 3.08. The van der Waals surface area contributed by atoms with Crippen molar-refractivity contribution in [1.82, 2.24) is 5.43 Å². The second kappa shape index (κ2) is 5.42. The molecule has 0 aliphatic carbocycles. The van der Waals surface area contributed by atoms with Crippen LogP contribution >= 0.6 is 11.8 Å². The highest BCUT2D eigenvalue weighted by Gasteiger charge is 2.30. The minimum atomic E-state index is -4.38. The Hall–Kier alpha value is -1.21. The Kier molecular flexibility index (Phi) is 4.41. The average molecular weight is 264 g/mol. The lowest BCUT2D eigenvalue weighted by Gasteiger charge is -2.11. The lowest BCUT2D eigenvalue weighted by molar-refractivity contribution is -0.137. The first kappa shape index (κ1) is 13.9. The summed E-state index contributed by atoms with van der Waals surface area (Å²) >= 11 is 1.01. The van der Waals surface area contributed by atoms with Crippen LogP contribution in [0.2, 0.25) is 0 Å². The molecule has 1 aromatic rings. The van der Waals surface area contributed by atoms with Crippen molar-refractivity contribution < 1.29 is 18.0 Å². The van der Waals surface area contributed by atoms with Gasteiger partial charge in [-0.15, -0.1) is 11.8 Å². The SMILES string of the molecule is CC(Sc1cccc(C(F)(F)F)c1)C(=O)NN. The number of alkyl halides is 3. The zero-order valence-electron chi connectivity index (χ0n) is 8.91. The number of nitrogens with two attached hydrogens (primary N) is 1. The van der Waals surface area contributed by atoms with Crippen molar-refractivity contribution >= 4 is 17.7 Å². The van der Waals surface area contributed by atoms with Crippen LogP contribution in [0, 0.1) is 0 Å². The molecule has 3 nitrogen and oxygen atoms in total. The van der Waals surface area contributed by atoms with Crippen molar-refractivity contribution in [2.24, 2.45) is 5.84 Å². The van der Waals surface area contributed by atoms with E-state index in [-0.39, 0.29) is 0 Å². The number of thioether (sulfide) groups is 1. The highest BCUT2D eigenvalue weighted by atomic mass is 32.2. The first-order chi connectivity index (χ1) is 7.84. The van der Waals surface area contributed by atoms with E-state index in [1.54, 1.807) is 6.92 Å². The lowest BCUT2D eigenvalue weighted by atomic mass is 10.2. The molecule has 0 saturated carbocycles. The van der Waals surface area contributed by atoms with Crippen LogP contribution in [0.1, 0.15) is 12.5 Å². The van der Waals surface area contributed by atoms with Gasteiger partial charge in [0.1, 0.15) is 0 Å². The van der Waals surface area contributed by atoms with E-state index in [0.29, 0.717) is 4.90 Å². The Bertz CT molecular complexity index is 409. The quantitative estimate of drug-likeness (QED) is 0.381. The maximum Gasteiger partial charge on any atom is 0.416 e. The van der Waals surface area contributed by atoms with Crippen LogP contribution in [-0.2, 0) is 11.0 Å². The molecule has 0 heterocycles. The smallest absolute Gasteiger partial charge is 0.293 e. The number of amides is 1. The third kappa shape index (κ3) is 3.94. The number of carbonyl (C=O) groups is 1. The van der Waals surface area contributed by atoms with E-state index in [9.17, 15) is 18.0 Å². The van der Waals surface area contributed by atoms with Gasteiger partial charge in [-0.2, -0.15) is 13.2 Å². The molecule has 0 bridgehead atoms. The van der Waals surface area contributed by atoms with Crippen LogP contribution in [0.4, 0.5) is 13.2 Å². The van der Waals surface area contributed by atoms with E-state index in [2.05, 4.69) is 0 Å². The van der Waals surface area contributed by atoms with Gasteiger partial charge in [0.2, 0.25) is 5.91 Å². The summed E-state index contributed by atoms with van der Waals surface area (Å²) in [6, 6.07) is 4.81. The van der Waals surface area contributed by atoms with Crippen LogP contribution < -0.4 is 11.3 Å². The molecule has 1 aromatic carbocycles. The zero-order valence-corrected chi connectivity index (χ0v) is 9.73. The molecule has 7 heteroatoms. The molecule has 0 radical (unpaired) electrons. The molecule has 0 saturated heterocycles. The van der Waals surface area contributed by atoms with Gasteiger partial charge in [-0.3, -0.25) is 10.2 Å². The number of benzene rings is 1. The molecule has 17 heavy (non-hydrogen) atoms. The van der Waals surface area contributed by atoms with Crippen LogP contribution in [0.3, 0.4) is 0 Å². The molecule has 0 aliphatic heterocycles. The molecule has 1 amide bonds. The highest BCUT2D eigenvalue weighted by molar-refractivity contribution is 8.00. The van der Waals surface area contributed by atoms with Crippen LogP contribution in [0.25, 0.3) is 0 Å². The molecule has 1 rings (SSSR count). The van der Waals surface area contributed by atoms with Crippen molar-refractivity contribution in [2.45, 2.75) is 23.2 Å². The van der Waals surface area contributed by atoms with E-state index < -0.39 is 22.9 Å². The minimum absolute atomic E-state index is 0.371. The number of carbonyl (C=O) groups excluding carboxylic acids is 1. The lowest BCUT2D eigenvalue weighted by Crippen LogP contribution is -2.36. The van der Waals surface area contributed by atoms with Gasteiger partial charge in [-0.25, -0.2) is 5.84 Å². The standard InChI is InChI=1S/C10H11F3N2OS/c1-6(9(16)15-14)17-8-4-2-3-7(5-8)10(11,12)13/h2-6H,14H2,1H3,(H,15,16). The Morgan fingerprint density at radius 1 is 1.47 bits per heavy atom.